The van der Waals surface area contributed by atoms with Crippen molar-refractivity contribution in [3.8, 4) is 11.1 Å². The number of thiophene rings is 1. The SMILES string of the molecule is COC(=O)c1c(NC(=O)[C@@H]2[C@@H](C(=O)O)[C@H]3C=C[C@H]2C3)sc(C)c1-c1ccccc1. The third-order valence-corrected chi connectivity index (χ3v) is 6.84. The van der Waals surface area contributed by atoms with Gasteiger partial charge < -0.3 is 15.2 Å². The molecular formula is C22H21NO5S. The van der Waals surface area contributed by atoms with Crippen molar-refractivity contribution in [3.63, 3.8) is 0 Å². The lowest BCUT2D eigenvalue weighted by Gasteiger charge is -2.23. The van der Waals surface area contributed by atoms with Crippen molar-refractivity contribution in [2.45, 2.75) is 13.3 Å². The molecule has 0 saturated heterocycles. The van der Waals surface area contributed by atoms with Crippen molar-refractivity contribution in [2.75, 3.05) is 12.4 Å². The van der Waals surface area contributed by atoms with Gasteiger partial charge in [-0.1, -0.05) is 42.5 Å². The molecule has 150 valence electrons. The van der Waals surface area contributed by atoms with Crippen LogP contribution in [-0.2, 0) is 14.3 Å². The minimum atomic E-state index is -0.956. The van der Waals surface area contributed by atoms with E-state index in [9.17, 15) is 19.5 Å². The molecule has 0 spiro atoms. The molecule has 1 aromatic carbocycles. The Morgan fingerprint density at radius 2 is 1.76 bits per heavy atom. The number of aliphatic carboxylic acids is 1. The topological polar surface area (TPSA) is 92.7 Å². The fraction of sp³-hybridized carbons (Fsp3) is 0.318. The predicted octanol–water partition coefficient (Wildman–Crippen LogP) is 3.97. The van der Waals surface area contributed by atoms with Crippen molar-refractivity contribution in [2.24, 2.45) is 23.7 Å². The number of amides is 1. The first-order valence-corrected chi connectivity index (χ1v) is 10.2. The molecular weight excluding hydrogens is 390 g/mol. The number of ether oxygens (including phenoxy) is 1. The van der Waals surface area contributed by atoms with E-state index in [1.165, 1.54) is 18.4 Å². The molecule has 2 bridgehead atoms. The normalized spacial score (nSPS) is 24.5. The number of carbonyl (C=O) groups excluding carboxylic acids is 2. The number of anilines is 1. The van der Waals surface area contributed by atoms with Gasteiger partial charge in [0.15, 0.2) is 0 Å². The fourth-order valence-electron chi connectivity index (χ4n) is 4.59. The summed E-state index contributed by atoms with van der Waals surface area (Å²) in [5.74, 6) is -3.43. The molecule has 6 nitrogen and oxygen atoms in total. The number of carbonyl (C=O) groups is 3. The highest BCUT2D eigenvalue weighted by Crippen LogP contribution is 2.49. The van der Waals surface area contributed by atoms with Crippen molar-refractivity contribution >= 4 is 34.2 Å². The number of rotatable bonds is 5. The summed E-state index contributed by atoms with van der Waals surface area (Å²) in [4.78, 5) is 38.3. The maximum Gasteiger partial charge on any atom is 0.341 e. The molecule has 2 aliphatic carbocycles. The average Bonchev–Trinajstić information content (AvgIpc) is 3.40. The van der Waals surface area contributed by atoms with Gasteiger partial charge in [-0.2, -0.15) is 0 Å². The van der Waals surface area contributed by atoms with Gasteiger partial charge in [-0.25, -0.2) is 4.79 Å². The van der Waals surface area contributed by atoms with Crippen LogP contribution in [0.3, 0.4) is 0 Å². The number of fused-ring (bicyclic) bond motifs is 2. The Hall–Kier alpha value is -2.93. The van der Waals surface area contributed by atoms with Crippen LogP contribution in [0.1, 0.15) is 21.7 Å². The smallest absolute Gasteiger partial charge is 0.341 e. The van der Waals surface area contributed by atoms with Crippen LogP contribution in [0.15, 0.2) is 42.5 Å². The molecule has 2 aliphatic rings. The molecule has 4 atom stereocenters. The molecule has 1 heterocycles. The van der Waals surface area contributed by atoms with E-state index in [2.05, 4.69) is 5.32 Å². The van der Waals surface area contributed by atoms with E-state index in [-0.39, 0.29) is 17.7 Å². The first kappa shape index (κ1) is 19.4. The van der Waals surface area contributed by atoms with Gasteiger partial charge in [0.1, 0.15) is 10.6 Å². The standard InChI is InChI=1S/C22H21NO5S/c1-11-15(12-6-4-3-5-7-12)18(22(27)28-2)20(29-11)23-19(24)16-13-8-9-14(10-13)17(16)21(25)26/h3-9,13-14,16-17H,10H2,1-2H3,(H,23,24)(H,25,26)/t13-,14-,16-,17-/m0/s1. The van der Waals surface area contributed by atoms with Gasteiger partial charge in [0.05, 0.1) is 18.9 Å². The van der Waals surface area contributed by atoms with Gasteiger partial charge in [-0.3, -0.25) is 9.59 Å². The fourth-order valence-corrected chi connectivity index (χ4v) is 5.66. The Labute approximate surface area is 172 Å². The summed E-state index contributed by atoms with van der Waals surface area (Å²) < 4.78 is 4.98. The van der Waals surface area contributed by atoms with Crippen LogP contribution in [0.5, 0.6) is 0 Å². The Bertz CT molecular complexity index is 1010. The lowest BCUT2D eigenvalue weighted by atomic mass is 9.82. The number of carboxylic acid groups (broad SMARTS) is 1. The van der Waals surface area contributed by atoms with E-state index in [0.717, 1.165) is 16.0 Å². The molecule has 1 amide bonds. The molecule has 0 radical (unpaired) electrons. The maximum absolute atomic E-state index is 13.1. The Morgan fingerprint density at radius 3 is 2.38 bits per heavy atom. The summed E-state index contributed by atoms with van der Waals surface area (Å²) in [5.41, 5.74) is 1.88. The lowest BCUT2D eigenvalue weighted by molar-refractivity contribution is -0.146. The Balaban J connectivity index is 1.71. The molecule has 1 aromatic heterocycles. The highest BCUT2D eigenvalue weighted by atomic mass is 32.1. The van der Waals surface area contributed by atoms with Crippen LogP contribution in [0.4, 0.5) is 5.00 Å². The minimum Gasteiger partial charge on any atom is -0.481 e. The second-order valence-corrected chi connectivity index (χ2v) is 8.65. The molecule has 0 unspecified atom stereocenters. The van der Waals surface area contributed by atoms with Gasteiger partial charge in [0, 0.05) is 10.4 Å². The van der Waals surface area contributed by atoms with Crippen molar-refractivity contribution in [1.29, 1.82) is 0 Å². The van der Waals surface area contributed by atoms with Gasteiger partial charge in [0.25, 0.3) is 0 Å². The number of hydrogen-bond donors (Lipinski definition) is 2. The van der Waals surface area contributed by atoms with Gasteiger partial charge in [-0.05, 0) is 30.7 Å². The molecule has 1 saturated carbocycles. The number of nitrogens with one attached hydrogen (secondary N) is 1. The molecule has 4 rings (SSSR count). The zero-order chi connectivity index (χ0) is 20.7. The van der Waals surface area contributed by atoms with Crippen LogP contribution < -0.4 is 5.32 Å². The van der Waals surface area contributed by atoms with Crippen LogP contribution >= 0.6 is 11.3 Å². The summed E-state index contributed by atoms with van der Waals surface area (Å²) in [6.07, 6.45) is 4.51. The minimum absolute atomic E-state index is 0.0858. The summed E-state index contributed by atoms with van der Waals surface area (Å²) in [6, 6.07) is 9.44. The third-order valence-electron chi connectivity index (χ3n) is 5.82. The van der Waals surface area contributed by atoms with Crippen molar-refractivity contribution < 1.29 is 24.2 Å². The van der Waals surface area contributed by atoms with E-state index in [1.54, 1.807) is 0 Å². The molecule has 7 heteroatoms. The first-order chi connectivity index (χ1) is 13.9. The average molecular weight is 411 g/mol. The largest absolute Gasteiger partial charge is 0.481 e. The second-order valence-electron chi connectivity index (χ2n) is 7.42. The van der Waals surface area contributed by atoms with Crippen LogP contribution in [0.2, 0.25) is 0 Å². The Morgan fingerprint density at radius 1 is 1.10 bits per heavy atom. The van der Waals surface area contributed by atoms with E-state index in [1.807, 2.05) is 49.4 Å². The zero-order valence-corrected chi connectivity index (χ0v) is 16.9. The Kier molecular flexibility index (Phi) is 5.00. The number of aryl methyl sites for hydroxylation is 1. The van der Waals surface area contributed by atoms with E-state index in [4.69, 9.17) is 4.74 Å². The number of hydrogen-bond acceptors (Lipinski definition) is 5. The second kappa shape index (κ2) is 7.48. The first-order valence-electron chi connectivity index (χ1n) is 9.41. The van der Waals surface area contributed by atoms with Crippen LogP contribution in [0.25, 0.3) is 11.1 Å². The number of allylic oxidation sites excluding steroid dienone is 2. The van der Waals surface area contributed by atoms with Gasteiger partial charge in [0.2, 0.25) is 5.91 Å². The van der Waals surface area contributed by atoms with Crippen LogP contribution in [-0.4, -0.2) is 30.1 Å². The van der Waals surface area contributed by atoms with Crippen molar-refractivity contribution in [1.82, 2.24) is 0 Å². The highest BCUT2D eigenvalue weighted by molar-refractivity contribution is 7.17. The number of methoxy groups -OCH3 is 1. The van der Waals surface area contributed by atoms with Gasteiger partial charge >= 0.3 is 11.9 Å². The van der Waals surface area contributed by atoms with E-state index in [0.29, 0.717) is 17.0 Å². The molecule has 2 N–H and O–H groups in total. The molecule has 0 aliphatic heterocycles. The number of esters is 1. The van der Waals surface area contributed by atoms with Crippen LogP contribution in [0, 0.1) is 30.6 Å². The third kappa shape index (κ3) is 3.25. The summed E-state index contributed by atoms with van der Waals surface area (Å²) >= 11 is 1.30. The number of benzene rings is 1. The maximum atomic E-state index is 13.1. The highest BCUT2D eigenvalue weighted by Gasteiger charge is 2.51. The summed E-state index contributed by atoms with van der Waals surface area (Å²) in [5, 5.41) is 12.9. The summed E-state index contributed by atoms with van der Waals surface area (Å²) in [6.45, 7) is 1.88. The molecule has 29 heavy (non-hydrogen) atoms. The quantitative estimate of drug-likeness (QED) is 0.574. The van der Waals surface area contributed by atoms with Gasteiger partial charge in [-0.15, -0.1) is 11.3 Å². The predicted molar refractivity (Wildman–Crippen MR) is 110 cm³/mol. The van der Waals surface area contributed by atoms with E-state index < -0.39 is 23.8 Å². The van der Waals surface area contributed by atoms with E-state index >= 15 is 0 Å². The number of carboxylic acids is 1. The summed E-state index contributed by atoms with van der Waals surface area (Å²) in [7, 11) is 1.30. The van der Waals surface area contributed by atoms with Crippen molar-refractivity contribution in [3.05, 3.63) is 52.9 Å². The zero-order valence-electron chi connectivity index (χ0n) is 16.0. The lowest BCUT2D eigenvalue weighted by Crippen LogP contribution is -2.36. The molecule has 2 aromatic rings. The molecule has 1 fully saturated rings. The monoisotopic (exact) mass is 411 g/mol.